The Morgan fingerprint density at radius 2 is 0.793 bits per heavy atom. The van der Waals surface area contributed by atoms with Gasteiger partial charge in [-0.25, -0.2) is 0 Å². The van der Waals surface area contributed by atoms with Crippen LogP contribution in [0.2, 0.25) is 0 Å². The quantitative estimate of drug-likeness (QED) is 0.417. The summed E-state index contributed by atoms with van der Waals surface area (Å²) in [5.41, 5.74) is 1.53. The summed E-state index contributed by atoms with van der Waals surface area (Å²) < 4.78 is 5.95. The minimum absolute atomic E-state index is 0.0748. The molecule has 0 saturated carbocycles. The summed E-state index contributed by atoms with van der Waals surface area (Å²) in [6, 6.07) is 42.8. The normalized spacial score (nSPS) is 12.0. The second-order valence-electron chi connectivity index (χ2n) is 8.64. The molecule has 4 aromatic rings. The summed E-state index contributed by atoms with van der Waals surface area (Å²) in [6.07, 6.45) is 0. The predicted molar refractivity (Wildman–Crippen MR) is 129 cm³/mol. The van der Waals surface area contributed by atoms with Crippen LogP contribution in [0, 0.1) is 0 Å². The van der Waals surface area contributed by atoms with E-state index in [2.05, 4.69) is 136 Å². The Balaban J connectivity index is 2.20. The summed E-state index contributed by atoms with van der Waals surface area (Å²) >= 11 is -3.18. The fourth-order valence-corrected chi connectivity index (χ4v) is 15.4. The monoisotopic (exact) mass is 438 g/mol. The molecule has 0 radical (unpaired) electrons. The van der Waals surface area contributed by atoms with Gasteiger partial charge in [-0.05, 0) is 0 Å². The summed E-state index contributed by atoms with van der Waals surface area (Å²) in [5.74, 6) is 0. The third-order valence-corrected chi connectivity index (χ3v) is 15.9. The van der Waals surface area contributed by atoms with Gasteiger partial charge in [-0.3, -0.25) is 0 Å². The average Bonchev–Trinajstić information content (AvgIpc) is 2.76. The first kappa shape index (κ1) is 19.7. The van der Waals surface area contributed by atoms with Gasteiger partial charge in [0.25, 0.3) is 0 Å². The van der Waals surface area contributed by atoms with Crippen LogP contribution in [0.1, 0.15) is 26.3 Å². The predicted octanol–water partition coefficient (Wildman–Crippen LogP) is 4.36. The zero-order chi connectivity index (χ0) is 20.3. The second kappa shape index (κ2) is 8.04. The molecule has 0 aromatic heterocycles. The zero-order valence-corrected chi connectivity index (χ0v) is 19.6. The average molecular weight is 437 g/mol. The Bertz CT molecular complexity index is 965. The Morgan fingerprint density at radius 3 is 1.17 bits per heavy atom. The van der Waals surface area contributed by atoms with Crippen LogP contribution in [0.25, 0.3) is 0 Å². The van der Waals surface area contributed by atoms with Crippen LogP contribution in [-0.4, -0.2) is 13.3 Å². The van der Waals surface area contributed by atoms with Crippen LogP contribution in [-0.2, 0) is 5.41 Å². The van der Waals surface area contributed by atoms with Crippen molar-refractivity contribution in [3.63, 3.8) is 0 Å². The van der Waals surface area contributed by atoms with E-state index in [0.29, 0.717) is 0 Å². The van der Waals surface area contributed by atoms with E-state index >= 15 is 0 Å². The van der Waals surface area contributed by atoms with Gasteiger partial charge < -0.3 is 0 Å². The van der Waals surface area contributed by atoms with Crippen molar-refractivity contribution in [1.29, 1.82) is 0 Å². The molecule has 0 amide bonds. The second-order valence-corrected chi connectivity index (χ2v) is 16.6. The van der Waals surface area contributed by atoms with Crippen molar-refractivity contribution in [2.45, 2.75) is 26.2 Å². The van der Waals surface area contributed by atoms with Crippen molar-refractivity contribution in [3.8, 4) is 0 Å². The van der Waals surface area contributed by atoms with Gasteiger partial charge in [0, 0.05) is 0 Å². The molecule has 0 fully saturated rings. The summed E-state index contributed by atoms with van der Waals surface area (Å²) in [4.78, 5) is 0. The minimum atomic E-state index is -3.18. The van der Waals surface area contributed by atoms with E-state index in [-0.39, 0.29) is 5.41 Å². The van der Waals surface area contributed by atoms with Crippen LogP contribution in [0.3, 0.4) is 0 Å². The molecule has 4 rings (SSSR count). The van der Waals surface area contributed by atoms with Gasteiger partial charge in [-0.2, -0.15) is 0 Å². The molecule has 0 N–H and O–H groups in total. The Morgan fingerprint density at radius 1 is 0.448 bits per heavy atom. The van der Waals surface area contributed by atoms with Crippen LogP contribution in [0.15, 0.2) is 115 Å². The molecule has 0 aliphatic rings. The van der Waals surface area contributed by atoms with Gasteiger partial charge in [0.15, 0.2) is 0 Å². The maximum absolute atomic E-state index is 3.18. The van der Waals surface area contributed by atoms with Crippen LogP contribution in [0.4, 0.5) is 0 Å². The first-order valence-electron chi connectivity index (χ1n) is 10.3. The maximum atomic E-state index is 2.40. The fourth-order valence-electron chi connectivity index (χ4n) is 4.50. The summed E-state index contributed by atoms with van der Waals surface area (Å²) in [7, 11) is 0. The number of hydrogen-bond acceptors (Lipinski definition) is 0. The molecule has 0 unspecified atom stereocenters. The zero-order valence-electron chi connectivity index (χ0n) is 17.5. The first-order valence-corrected chi connectivity index (χ1v) is 14.5. The Kier molecular flexibility index (Phi) is 5.47. The van der Waals surface area contributed by atoms with Gasteiger partial charge in [0.1, 0.15) is 0 Å². The van der Waals surface area contributed by atoms with Crippen LogP contribution >= 0.6 is 0 Å². The van der Waals surface area contributed by atoms with Crippen LogP contribution < -0.4 is 17.6 Å². The van der Waals surface area contributed by atoms with Crippen molar-refractivity contribution in [3.05, 3.63) is 121 Å². The van der Waals surface area contributed by atoms with Crippen molar-refractivity contribution < 1.29 is 0 Å². The molecule has 29 heavy (non-hydrogen) atoms. The molecule has 0 aliphatic heterocycles. The standard InChI is InChI=1S/C28H28Ge/c1-28(2,3)26-21-13-14-22-27(26)29(23-15-7-4-8-16-23,24-17-9-5-10-18-24)25-19-11-6-12-20-25/h4-22H,1-3H3. The Labute approximate surface area is 177 Å². The van der Waals surface area contributed by atoms with Crippen molar-refractivity contribution in [1.82, 2.24) is 0 Å². The molecule has 0 aliphatic carbocycles. The van der Waals surface area contributed by atoms with Crippen molar-refractivity contribution in [2.75, 3.05) is 0 Å². The third-order valence-electron chi connectivity index (χ3n) is 5.76. The molecule has 0 atom stereocenters. The van der Waals surface area contributed by atoms with Crippen molar-refractivity contribution in [2.24, 2.45) is 0 Å². The van der Waals surface area contributed by atoms with Gasteiger partial charge in [-0.15, -0.1) is 0 Å². The molecular formula is C28H28Ge. The van der Waals surface area contributed by atoms with E-state index < -0.39 is 13.3 Å². The van der Waals surface area contributed by atoms with E-state index in [0.717, 1.165) is 0 Å². The van der Waals surface area contributed by atoms with Gasteiger partial charge in [0.05, 0.1) is 0 Å². The molecule has 0 spiro atoms. The third kappa shape index (κ3) is 3.58. The number of hydrogen-bond donors (Lipinski definition) is 0. The summed E-state index contributed by atoms with van der Waals surface area (Å²) in [6.45, 7) is 7.00. The topological polar surface area (TPSA) is 0 Å². The first-order chi connectivity index (χ1) is 14.0. The Hall–Kier alpha value is -2.58. The van der Waals surface area contributed by atoms with E-state index in [1.54, 1.807) is 0 Å². The SMILES string of the molecule is CC(C)(C)c1cccc[c]1[Ge]([c]1ccccc1)([c]1ccccc1)[c]1ccccc1. The van der Waals surface area contributed by atoms with E-state index in [1.807, 2.05) is 0 Å². The van der Waals surface area contributed by atoms with Crippen LogP contribution in [0.5, 0.6) is 0 Å². The molecule has 0 saturated heterocycles. The van der Waals surface area contributed by atoms with Gasteiger partial charge in [-0.1, -0.05) is 0 Å². The van der Waals surface area contributed by atoms with Crippen molar-refractivity contribution >= 4 is 30.8 Å². The van der Waals surface area contributed by atoms with Gasteiger partial charge in [0.2, 0.25) is 0 Å². The van der Waals surface area contributed by atoms with E-state index in [9.17, 15) is 0 Å². The summed E-state index contributed by atoms with van der Waals surface area (Å²) in [5, 5.41) is 0. The molecule has 0 heterocycles. The molecular weight excluding hydrogens is 409 g/mol. The molecule has 0 bridgehead atoms. The van der Waals surface area contributed by atoms with Gasteiger partial charge >= 0.3 is 178 Å². The molecule has 1 heteroatoms. The molecule has 0 nitrogen and oxygen atoms in total. The number of rotatable bonds is 4. The molecule has 144 valence electrons. The fraction of sp³-hybridized carbons (Fsp3) is 0.143. The molecule has 4 aromatic carbocycles. The number of benzene rings is 4. The van der Waals surface area contributed by atoms with E-state index in [1.165, 1.54) is 23.1 Å². The van der Waals surface area contributed by atoms with E-state index in [4.69, 9.17) is 0 Å².